The molecule has 0 bridgehead atoms. The van der Waals surface area contributed by atoms with Crippen LogP contribution >= 0.6 is 0 Å². The number of epoxide rings is 1. The van der Waals surface area contributed by atoms with E-state index in [1.165, 1.54) is 12.1 Å². The van der Waals surface area contributed by atoms with Gasteiger partial charge in [-0.1, -0.05) is 18.7 Å². The van der Waals surface area contributed by atoms with Crippen molar-refractivity contribution in [2.45, 2.75) is 12.5 Å². The summed E-state index contributed by atoms with van der Waals surface area (Å²) in [6, 6.07) is 2.94. The van der Waals surface area contributed by atoms with Gasteiger partial charge in [0.25, 0.3) is 0 Å². The van der Waals surface area contributed by atoms with Crippen molar-refractivity contribution < 1.29 is 24.5 Å². The van der Waals surface area contributed by atoms with E-state index < -0.39 is 11.9 Å². The third-order valence-electron chi connectivity index (χ3n) is 2.83. The van der Waals surface area contributed by atoms with E-state index in [9.17, 15) is 9.59 Å². The van der Waals surface area contributed by atoms with Crippen molar-refractivity contribution in [1.82, 2.24) is 0 Å². The molecule has 0 radical (unpaired) electrons. The molecule has 1 unspecified atom stereocenters. The van der Waals surface area contributed by atoms with Crippen molar-refractivity contribution in [3.05, 3.63) is 41.0 Å². The van der Waals surface area contributed by atoms with Crippen molar-refractivity contribution >= 4 is 18.0 Å². The lowest BCUT2D eigenvalue weighted by atomic mass is 9.93. The Hall–Kier alpha value is -2.14. The molecule has 0 amide bonds. The molecule has 0 aliphatic carbocycles. The van der Waals surface area contributed by atoms with Gasteiger partial charge in [0.05, 0.1) is 23.8 Å². The van der Waals surface area contributed by atoms with Crippen LogP contribution in [0.4, 0.5) is 0 Å². The number of ether oxygens (including phenoxy) is 1. The predicted molar refractivity (Wildman–Crippen MR) is 63.9 cm³/mol. The second-order valence-electron chi connectivity index (χ2n) is 4.03. The van der Waals surface area contributed by atoms with Crippen molar-refractivity contribution in [1.29, 1.82) is 0 Å². The number of rotatable bonds is 5. The van der Waals surface area contributed by atoms with Gasteiger partial charge in [0, 0.05) is 6.42 Å². The van der Waals surface area contributed by atoms with Crippen LogP contribution in [0, 0.1) is 0 Å². The van der Waals surface area contributed by atoms with E-state index in [1.54, 1.807) is 6.07 Å². The van der Waals surface area contributed by atoms with E-state index in [-0.39, 0.29) is 17.2 Å². The Kier molecular flexibility index (Phi) is 3.16. The smallest absolute Gasteiger partial charge is 0.337 e. The number of aromatic carboxylic acids is 2. The number of carboxylic acid groups (broad SMARTS) is 2. The molecule has 1 aromatic rings. The van der Waals surface area contributed by atoms with Gasteiger partial charge in [-0.25, -0.2) is 9.59 Å². The highest BCUT2D eigenvalue weighted by Crippen LogP contribution is 2.25. The lowest BCUT2D eigenvalue weighted by Crippen LogP contribution is -2.12. The fourth-order valence-corrected chi connectivity index (χ4v) is 1.91. The largest absolute Gasteiger partial charge is 0.478 e. The molecule has 5 heteroatoms. The standard InChI is InChI=1S/C13H12O5/c1-2-9-7(5-8-6-18-8)3-4-10(12(14)15)11(9)13(16)17/h2-4,8H,1,5-6H2,(H,14,15)(H,16,17). The summed E-state index contributed by atoms with van der Waals surface area (Å²) < 4.78 is 5.09. The van der Waals surface area contributed by atoms with Crippen LogP contribution in [0.5, 0.6) is 0 Å². The molecular formula is C13H12O5. The average molecular weight is 248 g/mol. The molecule has 18 heavy (non-hydrogen) atoms. The molecule has 5 nitrogen and oxygen atoms in total. The van der Waals surface area contributed by atoms with Gasteiger partial charge in [0.15, 0.2) is 0 Å². The highest BCUT2D eigenvalue weighted by atomic mass is 16.6. The Morgan fingerprint density at radius 3 is 2.50 bits per heavy atom. The fourth-order valence-electron chi connectivity index (χ4n) is 1.91. The summed E-state index contributed by atoms with van der Waals surface area (Å²) in [5, 5.41) is 18.2. The number of hydrogen-bond donors (Lipinski definition) is 2. The van der Waals surface area contributed by atoms with Crippen LogP contribution in [-0.2, 0) is 11.2 Å². The number of carboxylic acids is 2. The van der Waals surface area contributed by atoms with Crippen LogP contribution in [0.1, 0.15) is 31.8 Å². The van der Waals surface area contributed by atoms with E-state index in [0.29, 0.717) is 18.6 Å². The summed E-state index contributed by atoms with van der Waals surface area (Å²) in [6.45, 7) is 4.22. The topological polar surface area (TPSA) is 87.1 Å². The zero-order chi connectivity index (χ0) is 13.3. The first-order chi connectivity index (χ1) is 8.54. The summed E-state index contributed by atoms with van der Waals surface area (Å²) >= 11 is 0. The second kappa shape index (κ2) is 4.62. The normalized spacial score (nSPS) is 17.2. The fraction of sp³-hybridized carbons (Fsp3) is 0.231. The molecule has 2 N–H and O–H groups in total. The number of carbonyl (C=O) groups is 2. The van der Waals surface area contributed by atoms with Gasteiger partial charge in [0.2, 0.25) is 0 Å². The first-order valence-corrected chi connectivity index (χ1v) is 5.41. The van der Waals surface area contributed by atoms with Gasteiger partial charge in [-0.3, -0.25) is 0 Å². The highest BCUT2D eigenvalue weighted by Gasteiger charge is 2.27. The molecule has 94 valence electrons. The van der Waals surface area contributed by atoms with E-state index in [2.05, 4.69) is 6.58 Å². The Morgan fingerprint density at radius 2 is 2.06 bits per heavy atom. The molecule has 1 aliphatic heterocycles. The van der Waals surface area contributed by atoms with E-state index in [0.717, 1.165) is 5.56 Å². The minimum absolute atomic E-state index is 0.0982. The van der Waals surface area contributed by atoms with E-state index in [4.69, 9.17) is 14.9 Å². The van der Waals surface area contributed by atoms with Crippen LogP contribution in [0.2, 0.25) is 0 Å². The minimum Gasteiger partial charge on any atom is -0.478 e. The summed E-state index contributed by atoms with van der Waals surface area (Å²) in [7, 11) is 0. The Bertz CT molecular complexity index is 528. The minimum atomic E-state index is -1.26. The van der Waals surface area contributed by atoms with Crippen LogP contribution in [-0.4, -0.2) is 34.9 Å². The Labute approximate surface area is 103 Å². The molecule has 1 saturated heterocycles. The summed E-state index contributed by atoms with van der Waals surface area (Å²) in [5.41, 5.74) is 0.668. The second-order valence-corrected chi connectivity index (χ2v) is 4.03. The summed E-state index contributed by atoms with van der Waals surface area (Å²) in [5.74, 6) is -2.52. The molecule has 2 rings (SSSR count). The zero-order valence-corrected chi connectivity index (χ0v) is 9.55. The van der Waals surface area contributed by atoms with Crippen LogP contribution in [0.25, 0.3) is 6.08 Å². The SMILES string of the molecule is C=Cc1c(CC2CO2)ccc(C(=O)O)c1C(=O)O. The molecule has 1 aliphatic rings. The maximum absolute atomic E-state index is 11.2. The molecule has 0 aromatic heterocycles. The summed E-state index contributed by atoms with van der Waals surface area (Å²) in [6.07, 6.45) is 2.05. The summed E-state index contributed by atoms with van der Waals surface area (Å²) in [4.78, 5) is 22.2. The predicted octanol–water partition coefficient (Wildman–Crippen LogP) is 1.67. The average Bonchev–Trinajstić information content (AvgIpc) is 3.11. The van der Waals surface area contributed by atoms with Crippen LogP contribution in [0.3, 0.4) is 0 Å². The van der Waals surface area contributed by atoms with Crippen molar-refractivity contribution in [2.75, 3.05) is 6.61 Å². The first kappa shape index (κ1) is 12.3. The lowest BCUT2D eigenvalue weighted by Gasteiger charge is -2.11. The molecule has 1 atom stereocenters. The number of hydrogen-bond acceptors (Lipinski definition) is 3. The molecule has 0 saturated carbocycles. The van der Waals surface area contributed by atoms with Crippen LogP contribution in [0.15, 0.2) is 18.7 Å². The quantitative estimate of drug-likeness (QED) is 0.774. The molecule has 1 heterocycles. The maximum atomic E-state index is 11.2. The van der Waals surface area contributed by atoms with Crippen molar-refractivity contribution in [2.24, 2.45) is 0 Å². The monoisotopic (exact) mass is 248 g/mol. The third-order valence-corrected chi connectivity index (χ3v) is 2.83. The van der Waals surface area contributed by atoms with Gasteiger partial charge in [0.1, 0.15) is 0 Å². The van der Waals surface area contributed by atoms with Gasteiger partial charge >= 0.3 is 11.9 Å². The Balaban J connectivity index is 2.56. The van der Waals surface area contributed by atoms with Gasteiger partial charge in [-0.15, -0.1) is 0 Å². The number of benzene rings is 1. The lowest BCUT2D eigenvalue weighted by molar-refractivity contribution is 0.0651. The maximum Gasteiger partial charge on any atom is 0.337 e. The van der Waals surface area contributed by atoms with Gasteiger partial charge in [-0.05, 0) is 17.2 Å². The Morgan fingerprint density at radius 1 is 1.39 bits per heavy atom. The molecule has 1 aromatic carbocycles. The zero-order valence-electron chi connectivity index (χ0n) is 9.55. The molecule has 1 fully saturated rings. The third kappa shape index (κ3) is 2.26. The van der Waals surface area contributed by atoms with E-state index >= 15 is 0 Å². The molecule has 0 spiro atoms. The van der Waals surface area contributed by atoms with Crippen molar-refractivity contribution in [3.63, 3.8) is 0 Å². The first-order valence-electron chi connectivity index (χ1n) is 5.41. The van der Waals surface area contributed by atoms with E-state index in [1.807, 2.05) is 0 Å². The van der Waals surface area contributed by atoms with Crippen molar-refractivity contribution in [3.8, 4) is 0 Å². The van der Waals surface area contributed by atoms with Gasteiger partial charge < -0.3 is 14.9 Å². The van der Waals surface area contributed by atoms with Gasteiger partial charge in [-0.2, -0.15) is 0 Å². The highest BCUT2D eigenvalue weighted by molar-refractivity contribution is 6.04. The van der Waals surface area contributed by atoms with Crippen LogP contribution < -0.4 is 0 Å². The molecular weight excluding hydrogens is 236 g/mol.